The van der Waals surface area contributed by atoms with Gasteiger partial charge in [0.15, 0.2) is 0 Å². The molecule has 3 aromatic carbocycles. The van der Waals surface area contributed by atoms with Crippen LogP contribution in [-0.2, 0) is 9.53 Å². The van der Waals surface area contributed by atoms with Crippen LogP contribution >= 0.6 is 15.9 Å². The van der Waals surface area contributed by atoms with Gasteiger partial charge in [-0.1, -0.05) is 54.6 Å². The zero-order chi connectivity index (χ0) is 24.9. The Kier molecular flexibility index (Phi) is 7.31. The number of benzene rings is 3. The molecule has 3 aromatic rings. The van der Waals surface area contributed by atoms with Crippen molar-refractivity contribution in [2.24, 2.45) is 0 Å². The summed E-state index contributed by atoms with van der Waals surface area (Å²) in [4.78, 5) is 35.8. The first-order valence-electron chi connectivity index (χ1n) is 10.9. The van der Waals surface area contributed by atoms with Crippen molar-refractivity contribution in [3.63, 3.8) is 0 Å². The van der Waals surface area contributed by atoms with Crippen LogP contribution in [0.15, 0.2) is 77.3 Å². The van der Waals surface area contributed by atoms with E-state index in [2.05, 4.69) is 50.8 Å². The van der Waals surface area contributed by atoms with Crippen molar-refractivity contribution in [3.05, 3.63) is 99.5 Å². The number of hydrogen-bond donors (Lipinski definition) is 3. The molecule has 178 valence electrons. The molecule has 0 aliphatic heterocycles. The van der Waals surface area contributed by atoms with E-state index in [1.54, 1.807) is 19.1 Å². The van der Waals surface area contributed by atoms with Crippen molar-refractivity contribution in [3.8, 4) is 11.1 Å². The Morgan fingerprint density at radius 1 is 1.03 bits per heavy atom. The van der Waals surface area contributed by atoms with E-state index < -0.39 is 18.0 Å². The molecule has 35 heavy (non-hydrogen) atoms. The van der Waals surface area contributed by atoms with Crippen LogP contribution in [0, 0.1) is 6.92 Å². The van der Waals surface area contributed by atoms with E-state index in [4.69, 9.17) is 9.84 Å². The van der Waals surface area contributed by atoms with E-state index >= 15 is 0 Å². The summed E-state index contributed by atoms with van der Waals surface area (Å²) in [5, 5.41) is 14.0. The maximum Gasteiger partial charge on any atom is 0.411 e. The molecule has 7 nitrogen and oxygen atoms in total. The molecule has 0 fully saturated rings. The van der Waals surface area contributed by atoms with Gasteiger partial charge in [0.1, 0.15) is 6.61 Å². The topological polar surface area (TPSA) is 105 Å². The third-order valence-electron chi connectivity index (χ3n) is 5.78. The van der Waals surface area contributed by atoms with Crippen LogP contribution in [0.3, 0.4) is 0 Å². The van der Waals surface area contributed by atoms with E-state index in [9.17, 15) is 14.4 Å². The van der Waals surface area contributed by atoms with E-state index in [1.165, 1.54) is 6.08 Å². The number of ether oxygens (including phenoxy) is 1. The van der Waals surface area contributed by atoms with E-state index in [0.717, 1.165) is 33.9 Å². The fourth-order valence-corrected chi connectivity index (χ4v) is 4.77. The molecule has 8 heteroatoms. The number of aryl methyl sites for hydroxylation is 1. The van der Waals surface area contributed by atoms with Gasteiger partial charge in [0, 0.05) is 28.7 Å². The average molecular weight is 535 g/mol. The second-order valence-corrected chi connectivity index (χ2v) is 8.90. The Balaban J connectivity index is 1.44. The van der Waals surface area contributed by atoms with E-state index in [-0.39, 0.29) is 19.1 Å². The minimum absolute atomic E-state index is 0.0561. The lowest BCUT2D eigenvalue weighted by Gasteiger charge is -2.16. The molecule has 4 rings (SSSR count). The molecule has 2 amide bonds. The number of halogens is 1. The Labute approximate surface area is 210 Å². The molecule has 0 heterocycles. The largest absolute Gasteiger partial charge is 0.478 e. The Morgan fingerprint density at radius 2 is 1.66 bits per heavy atom. The van der Waals surface area contributed by atoms with Crippen LogP contribution in [0.25, 0.3) is 11.1 Å². The zero-order valence-electron chi connectivity index (χ0n) is 18.9. The number of fused-ring (bicyclic) bond motifs is 3. The average Bonchev–Trinajstić information content (AvgIpc) is 3.15. The van der Waals surface area contributed by atoms with E-state index in [1.807, 2.05) is 24.3 Å². The zero-order valence-corrected chi connectivity index (χ0v) is 20.5. The quantitative estimate of drug-likeness (QED) is 0.347. The minimum Gasteiger partial charge on any atom is -0.478 e. The summed E-state index contributed by atoms with van der Waals surface area (Å²) in [5.74, 6) is -1.56. The van der Waals surface area contributed by atoms with E-state index in [0.29, 0.717) is 15.7 Å². The van der Waals surface area contributed by atoms with Gasteiger partial charge in [0.05, 0.1) is 5.56 Å². The highest BCUT2D eigenvalue weighted by Crippen LogP contribution is 2.44. The van der Waals surface area contributed by atoms with Crippen molar-refractivity contribution in [2.45, 2.75) is 12.8 Å². The highest BCUT2D eigenvalue weighted by molar-refractivity contribution is 9.10. The molecule has 0 atom stereocenters. The number of carbonyl (C=O) groups excluding carboxylic acids is 2. The number of carboxylic acids is 1. The van der Waals surface area contributed by atoms with Gasteiger partial charge in [0.25, 0.3) is 5.91 Å². The Morgan fingerprint density at radius 3 is 2.29 bits per heavy atom. The molecule has 1 aliphatic rings. The van der Waals surface area contributed by atoms with Crippen LogP contribution in [0.2, 0.25) is 0 Å². The smallest absolute Gasteiger partial charge is 0.411 e. The number of amides is 2. The first-order valence-corrected chi connectivity index (χ1v) is 11.7. The number of hydrogen-bond acceptors (Lipinski definition) is 4. The number of carbonyl (C=O) groups is 3. The van der Waals surface area contributed by atoms with Crippen LogP contribution < -0.4 is 10.6 Å². The van der Waals surface area contributed by atoms with Gasteiger partial charge in [0.2, 0.25) is 0 Å². The highest BCUT2D eigenvalue weighted by Gasteiger charge is 2.29. The molecular weight excluding hydrogens is 512 g/mol. The maximum atomic E-state index is 12.7. The summed E-state index contributed by atoms with van der Waals surface area (Å²) in [7, 11) is 0. The lowest BCUT2D eigenvalue weighted by Crippen LogP contribution is -2.24. The number of nitrogens with one attached hydrogen (secondary N) is 2. The number of rotatable bonds is 7. The second kappa shape index (κ2) is 10.6. The predicted octanol–water partition coefficient (Wildman–Crippen LogP) is 5.49. The second-order valence-electron chi connectivity index (χ2n) is 8.05. The summed E-state index contributed by atoms with van der Waals surface area (Å²) in [6.07, 6.45) is 1.67. The van der Waals surface area contributed by atoms with Gasteiger partial charge >= 0.3 is 12.1 Å². The fourth-order valence-electron chi connectivity index (χ4n) is 4.13. The van der Waals surface area contributed by atoms with Crippen molar-refractivity contribution in [2.75, 3.05) is 18.5 Å². The van der Waals surface area contributed by atoms with Gasteiger partial charge in [-0.2, -0.15) is 0 Å². The molecule has 0 saturated heterocycles. The summed E-state index contributed by atoms with van der Waals surface area (Å²) >= 11 is 3.37. The van der Waals surface area contributed by atoms with Crippen LogP contribution in [0.1, 0.15) is 33.0 Å². The molecule has 0 spiro atoms. The van der Waals surface area contributed by atoms with Crippen molar-refractivity contribution >= 4 is 39.6 Å². The molecule has 0 saturated carbocycles. The normalized spacial score (nSPS) is 12.2. The molecule has 1 aliphatic carbocycles. The van der Waals surface area contributed by atoms with Crippen LogP contribution in [-0.4, -0.2) is 36.2 Å². The summed E-state index contributed by atoms with van der Waals surface area (Å²) in [6.45, 7) is 2.04. The molecule has 0 unspecified atom stereocenters. The van der Waals surface area contributed by atoms with Gasteiger partial charge < -0.3 is 15.2 Å². The first kappa shape index (κ1) is 24.2. The monoisotopic (exact) mass is 534 g/mol. The molecule has 3 N–H and O–H groups in total. The SMILES string of the molecule is Cc1cc(Br)c(C(=O)NC/C=C/C(=O)O)cc1NC(=O)OCC1c2ccccc2-c2ccccc21. The van der Waals surface area contributed by atoms with Crippen molar-refractivity contribution < 1.29 is 24.2 Å². The fraction of sp³-hybridized carbons (Fsp3) is 0.148. The van der Waals surface area contributed by atoms with Crippen molar-refractivity contribution in [1.29, 1.82) is 0 Å². The molecule has 0 bridgehead atoms. The van der Waals surface area contributed by atoms with Crippen molar-refractivity contribution in [1.82, 2.24) is 5.32 Å². The molecular formula is C27H23BrN2O5. The minimum atomic E-state index is -1.09. The van der Waals surface area contributed by atoms with Gasteiger partial charge in [-0.15, -0.1) is 0 Å². The Bertz CT molecular complexity index is 1290. The third kappa shape index (κ3) is 5.44. The lowest BCUT2D eigenvalue weighted by molar-refractivity contribution is -0.131. The number of carboxylic acid groups (broad SMARTS) is 1. The lowest BCUT2D eigenvalue weighted by atomic mass is 9.98. The maximum absolute atomic E-state index is 12.7. The predicted molar refractivity (Wildman–Crippen MR) is 137 cm³/mol. The third-order valence-corrected chi connectivity index (χ3v) is 6.44. The van der Waals surface area contributed by atoms with Crippen LogP contribution in [0.4, 0.5) is 10.5 Å². The first-order chi connectivity index (χ1) is 16.8. The molecule has 0 aromatic heterocycles. The molecule has 0 radical (unpaired) electrons. The van der Waals surface area contributed by atoms with Gasteiger partial charge in [-0.3, -0.25) is 10.1 Å². The Hall–Kier alpha value is -3.91. The number of aliphatic carboxylic acids is 1. The van der Waals surface area contributed by atoms with Gasteiger partial charge in [-0.25, -0.2) is 9.59 Å². The summed E-state index contributed by atoms with van der Waals surface area (Å²) < 4.78 is 6.15. The number of anilines is 1. The van der Waals surface area contributed by atoms with Gasteiger partial charge in [-0.05, 0) is 62.8 Å². The highest BCUT2D eigenvalue weighted by atomic mass is 79.9. The van der Waals surface area contributed by atoms with Crippen LogP contribution in [0.5, 0.6) is 0 Å². The summed E-state index contributed by atoms with van der Waals surface area (Å²) in [6, 6.07) is 19.5. The standard InChI is InChI=1S/C27H23BrN2O5/c1-16-13-23(28)21(26(33)29-12-6-11-25(31)32)14-24(16)30-27(34)35-15-22-19-9-4-2-7-17(19)18-8-3-5-10-20(18)22/h2-11,13-14,22H,12,15H2,1H3,(H,29,33)(H,30,34)(H,31,32)/b11-6+. The summed E-state index contributed by atoms with van der Waals surface area (Å²) in [5.41, 5.74) is 6.02.